The van der Waals surface area contributed by atoms with Crippen LogP contribution in [0.5, 0.6) is 0 Å². The third-order valence-corrected chi connectivity index (χ3v) is 3.70. The maximum absolute atomic E-state index is 11.5. The van der Waals surface area contributed by atoms with Crippen molar-refractivity contribution in [3.8, 4) is 0 Å². The molecule has 1 atom stereocenters. The highest BCUT2D eigenvalue weighted by Gasteiger charge is 2.21. The van der Waals surface area contributed by atoms with E-state index in [1.54, 1.807) is 0 Å². The largest absolute Gasteiger partial charge is 0.481 e. The molecule has 0 saturated heterocycles. The highest BCUT2D eigenvalue weighted by Crippen LogP contribution is 2.31. The van der Waals surface area contributed by atoms with Crippen molar-refractivity contribution in [2.45, 2.75) is 39.0 Å². The van der Waals surface area contributed by atoms with E-state index < -0.39 is 11.9 Å². The van der Waals surface area contributed by atoms with E-state index in [1.165, 1.54) is 5.56 Å². The number of carboxylic acids is 1. The monoisotopic (exact) mass is 256 g/mol. The molecule has 0 spiro atoms. The van der Waals surface area contributed by atoms with E-state index in [0.29, 0.717) is 6.42 Å². The van der Waals surface area contributed by atoms with Crippen LogP contribution in [0.25, 0.3) is 10.8 Å². The first-order valence-corrected chi connectivity index (χ1v) is 6.86. The molecule has 0 fully saturated rings. The van der Waals surface area contributed by atoms with Crippen molar-refractivity contribution in [1.29, 1.82) is 0 Å². The van der Waals surface area contributed by atoms with E-state index in [9.17, 15) is 9.90 Å². The number of hydrogen-bond donors (Lipinski definition) is 1. The van der Waals surface area contributed by atoms with Gasteiger partial charge in [0.1, 0.15) is 0 Å². The first-order valence-electron chi connectivity index (χ1n) is 6.86. The molecule has 0 aromatic heterocycles. The molecule has 1 unspecified atom stereocenters. The number of benzene rings is 2. The number of unbranched alkanes of at least 4 members (excludes halogenated alkanes) is 1. The summed E-state index contributed by atoms with van der Waals surface area (Å²) in [5.41, 5.74) is 2.14. The molecule has 0 aliphatic heterocycles. The Morgan fingerprint density at radius 1 is 1.16 bits per heavy atom. The van der Waals surface area contributed by atoms with Gasteiger partial charge in [-0.1, -0.05) is 56.2 Å². The molecule has 19 heavy (non-hydrogen) atoms. The molecule has 2 aromatic carbocycles. The van der Waals surface area contributed by atoms with Crippen LogP contribution in [-0.2, 0) is 4.79 Å². The number of aryl methyl sites for hydroxylation is 1. The quantitative estimate of drug-likeness (QED) is 0.854. The van der Waals surface area contributed by atoms with Crippen LogP contribution in [0.4, 0.5) is 0 Å². The topological polar surface area (TPSA) is 37.3 Å². The normalized spacial score (nSPS) is 12.5. The standard InChI is InChI=1S/C17H20O2/c1-3-4-7-16(17(18)19)15-11-10-12(2)13-8-5-6-9-14(13)15/h5-6,8-11,16H,3-4,7H2,1-2H3,(H,18,19). The Morgan fingerprint density at radius 3 is 2.47 bits per heavy atom. The van der Waals surface area contributed by atoms with Crippen molar-refractivity contribution in [2.24, 2.45) is 0 Å². The first kappa shape index (κ1) is 13.6. The van der Waals surface area contributed by atoms with E-state index in [0.717, 1.165) is 29.2 Å². The van der Waals surface area contributed by atoms with Crippen molar-refractivity contribution in [2.75, 3.05) is 0 Å². The van der Waals surface area contributed by atoms with E-state index in [-0.39, 0.29) is 0 Å². The molecule has 0 saturated carbocycles. The van der Waals surface area contributed by atoms with E-state index in [2.05, 4.69) is 19.9 Å². The molecule has 100 valence electrons. The van der Waals surface area contributed by atoms with Gasteiger partial charge in [0.25, 0.3) is 0 Å². The van der Waals surface area contributed by atoms with Crippen molar-refractivity contribution >= 4 is 16.7 Å². The molecular weight excluding hydrogens is 236 g/mol. The number of hydrogen-bond acceptors (Lipinski definition) is 1. The van der Waals surface area contributed by atoms with Crippen LogP contribution < -0.4 is 0 Å². The van der Waals surface area contributed by atoms with E-state index in [4.69, 9.17) is 0 Å². The van der Waals surface area contributed by atoms with Gasteiger partial charge in [0.15, 0.2) is 0 Å². The van der Waals surface area contributed by atoms with Gasteiger partial charge in [-0.2, -0.15) is 0 Å². The van der Waals surface area contributed by atoms with Gasteiger partial charge in [0.05, 0.1) is 5.92 Å². The molecule has 2 nitrogen and oxygen atoms in total. The molecule has 0 radical (unpaired) electrons. The third kappa shape index (κ3) is 2.78. The smallest absolute Gasteiger partial charge is 0.310 e. The molecular formula is C17H20O2. The summed E-state index contributed by atoms with van der Waals surface area (Å²) in [4.78, 5) is 11.5. The van der Waals surface area contributed by atoms with Crippen molar-refractivity contribution < 1.29 is 9.90 Å². The number of aliphatic carboxylic acids is 1. The lowest BCUT2D eigenvalue weighted by Crippen LogP contribution is -2.12. The zero-order valence-corrected chi connectivity index (χ0v) is 11.5. The average molecular weight is 256 g/mol. The van der Waals surface area contributed by atoms with Crippen molar-refractivity contribution in [3.05, 3.63) is 47.5 Å². The van der Waals surface area contributed by atoms with Gasteiger partial charge < -0.3 is 5.11 Å². The summed E-state index contributed by atoms with van der Waals surface area (Å²) in [5.74, 6) is -1.12. The molecule has 2 rings (SSSR count). The Labute approximate surface area is 114 Å². The van der Waals surface area contributed by atoms with E-state index in [1.807, 2.05) is 30.3 Å². The summed E-state index contributed by atoms with van der Waals surface area (Å²) >= 11 is 0. The summed E-state index contributed by atoms with van der Waals surface area (Å²) < 4.78 is 0. The zero-order valence-electron chi connectivity index (χ0n) is 11.5. The SMILES string of the molecule is CCCCC(C(=O)O)c1ccc(C)c2ccccc12. The van der Waals surface area contributed by atoms with Crippen LogP contribution in [0.3, 0.4) is 0 Å². The highest BCUT2D eigenvalue weighted by atomic mass is 16.4. The molecule has 0 aliphatic rings. The Hall–Kier alpha value is -1.83. The number of carbonyl (C=O) groups is 1. The average Bonchev–Trinajstić information content (AvgIpc) is 2.41. The maximum atomic E-state index is 11.5. The van der Waals surface area contributed by atoms with Crippen LogP contribution in [0.15, 0.2) is 36.4 Å². The minimum atomic E-state index is -0.720. The minimum Gasteiger partial charge on any atom is -0.481 e. The summed E-state index contributed by atoms with van der Waals surface area (Å²) in [6.07, 6.45) is 2.67. The summed E-state index contributed by atoms with van der Waals surface area (Å²) in [6.45, 7) is 4.15. The predicted octanol–water partition coefficient (Wildman–Crippen LogP) is 4.51. The molecule has 2 heteroatoms. The lowest BCUT2D eigenvalue weighted by molar-refractivity contribution is -0.139. The Balaban J connectivity index is 2.53. The second-order valence-electron chi connectivity index (χ2n) is 5.05. The van der Waals surface area contributed by atoms with Gasteiger partial charge in [-0.3, -0.25) is 4.79 Å². The highest BCUT2D eigenvalue weighted by molar-refractivity contribution is 5.92. The molecule has 1 N–H and O–H groups in total. The summed E-state index contributed by atoms with van der Waals surface area (Å²) in [5, 5.41) is 11.7. The van der Waals surface area contributed by atoms with Gasteiger partial charge in [0, 0.05) is 0 Å². The zero-order chi connectivity index (χ0) is 13.8. The Bertz CT molecular complexity index is 587. The fourth-order valence-electron chi connectivity index (χ4n) is 2.60. The van der Waals surface area contributed by atoms with Crippen LogP contribution in [-0.4, -0.2) is 11.1 Å². The molecule has 2 aromatic rings. The number of carboxylic acid groups (broad SMARTS) is 1. The van der Waals surface area contributed by atoms with E-state index >= 15 is 0 Å². The third-order valence-electron chi connectivity index (χ3n) is 3.70. The predicted molar refractivity (Wildman–Crippen MR) is 78.6 cm³/mol. The molecule has 0 aliphatic carbocycles. The van der Waals surface area contributed by atoms with Crippen LogP contribution in [0, 0.1) is 6.92 Å². The van der Waals surface area contributed by atoms with Gasteiger partial charge in [0.2, 0.25) is 0 Å². The van der Waals surface area contributed by atoms with Gasteiger partial charge in [-0.15, -0.1) is 0 Å². The van der Waals surface area contributed by atoms with Gasteiger partial charge in [-0.05, 0) is 35.2 Å². The fraction of sp³-hybridized carbons (Fsp3) is 0.353. The summed E-state index contributed by atoms with van der Waals surface area (Å²) in [6, 6.07) is 12.1. The fourth-order valence-corrected chi connectivity index (χ4v) is 2.60. The summed E-state index contributed by atoms with van der Waals surface area (Å²) in [7, 11) is 0. The number of fused-ring (bicyclic) bond motifs is 1. The first-order chi connectivity index (χ1) is 9.15. The van der Waals surface area contributed by atoms with Gasteiger partial charge in [-0.25, -0.2) is 0 Å². The van der Waals surface area contributed by atoms with Crippen LogP contribution >= 0.6 is 0 Å². The Kier molecular flexibility index (Phi) is 4.20. The lowest BCUT2D eigenvalue weighted by atomic mass is 9.88. The second-order valence-corrected chi connectivity index (χ2v) is 5.05. The second kappa shape index (κ2) is 5.87. The Morgan fingerprint density at radius 2 is 1.84 bits per heavy atom. The number of rotatable bonds is 5. The molecule has 0 amide bonds. The van der Waals surface area contributed by atoms with Gasteiger partial charge >= 0.3 is 5.97 Å². The lowest BCUT2D eigenvalue weighted by Gasteiger charge is -2.16. The molecule has 0 bridgehead atoms. The molecule has 0 heterocycles. The maximum Gasteiger partial charge on any atom is 0.310 e. The minimum absolute atomic E-state index is 0.398. The van der Waals surface area contributed by atoms with Crippen LogP contribution in [0.1, 0.15) is 43.2 Å². The van der Waals surface area contributed by atoms with Crippen molar-refractivity contribution in [3.63, 3.8) is 0 Å². The van der Waals surface area contributed by atoms with Crippen LogP contribution in [0.2, 0.25) is 0 Å². The van der Waals surface area contributed by atoms with Crippen molar-refractivity contribution in [1.82, 2.24) is 0 Å².